The van der Waals surface area contributed by atoms with Crippen LogP contribution >= 0.6 is 11.8 Å². The summed E-state index contributed by atoms with van der Waals surface area (Å²) < 4.78 is 18.2. The predicted octanol–water partition coefficient (Wildman–Crippen LogP) is 3.17. The van der Waals surface area contributed by atoms with E-state index in [1.54, 1.807) is 27.4 Å². The zero-order chi connectivity index (χ0) is 21.0. The van der Waals surface area contributed by atoms with Crippen molar-refractivity contribution in [2.75, 3.05) is 27.1 Å². The van der Waals surface area contributed by atoms with Gasteiger partial charge in [0.25, 0.3) is 0 Å². The zero-order valence-electron chi connectivity index (χ0n) is 17.5. The summed E-state index contributed by atoms with van der Waals surface area (Å²) in [4.78, 5) is 12.4. The Kier molecular flexibility index (Phi) is 6.89. The Hall–Kier alpha value is -2.42. The number of hydrogen-bond donors (Lipinski definition) is 1. The lowest BCUT2D eigenvalue weighted by Gasteiger charge is -2.14. The summed E-state index contributed by atoms with van der Waals surface area (Å²) in [5.74, 6) is 3.29. The quantitative estimate of drug-likeness (QED) is 0.591. The van der Waals surface area contributed by atoms with E-state index in [0.29, 0.717) is 35.8 Å². The molecule has 0 atom stereocenters. The molecule has 8 nitrogen and oxygen atoms in total. The Morgan fingerprint density at radius 3 is 2.38 bits per heavy atom. The van der Waals surface area contributed by atoms with E-state index in [1.807, 2.05) is 6.07 Å². The molecule has 9 heteroatoms. The van der Waals surface area contributed by atoms with Crippen LogP contribution < -0.4 is 19.5 Å². The van der Waals surface area contributed by atoms with Gasteiger partial charge in [0.15, 0.2) is 16.7 Å². The van der Waals surface area contributed by atoms with Gasteiger partial charge in [-0.1, -0.05) is 25.6 Å². The Balaban J connectivity index is 1.61. The highest BCUT2D eigenvalue weighted by molar-refractivity contribution is 7.99. The standard InChI is InChI=1S/C20H28N4O4S/c1-12(2)19-22-23-20(24(19)14-6-7-14)29-11-18(25)21-10-13-8-16(27-4)17(28-5)9-15(13)26-3/h8-9,12,14H,6-7,10-11H2,1-5H3,(H,21,25). The highest BCUT2D eigenvalue weighted by Crippen LogP contribution is 2.40. The molecular formula is C20H28N4O4S. The number of amides is 1. The van der Waals surface area contributed by atoms with Crippen LogP contribution in [0, 0.1) is 0 Å². The van der Waals surface area contributed by atoms with E-state index in [2.05, 4.69) is 33.9 Å². The molecule has 0 unspecified atom stereocenters. The summed E-state index contributed by atoms with van der Waals surface area (Å²) in [6.45, 7) is 4.55. The number of hydrogen-bond acceptors (Lipinski definition) is 7. The second-order valence-electron chi connectivity index (χ2n) is 7.18. The third-order valence-corrected chi connectivity index (χ3v) is 5.66. The second-order valence-corrected chi connectivity index (χ2v) is 8.12. The third-order valence-electron chi connectivity index (χ3n) is 4.71. The fraction of sp³-hybridized carbons (Fsp3) is 0.550. The topological polar surface area (TPSA) is 87.5 Å². The fourth-order valence-corrected chi connectivity index (χ4v) is 3.90. The van der Waals surface area contributed by atoms with Crippen LogP contribution in [0.5, 0.6) is 17.2 Å². The van der Waals surface area contributed by atoms with Crippen molar-refractivity contribution in [3.8, 4) is 17.2 Å². The molecule has 1 aromatic heterocycles. The van der Waals surface area contributed by atoms with Gasteiger partial charge in [0, 0.05) is 30.1 Å². The minimum absolute atomic E-state index is 0.0803. The Labute approximate surface area is 175 Å². The molecule has 1 heterocycles. The van der Waals surface area contributed by atoms with E-state index < -0.39 is 0 Å². The highest BCUT2D eigenvalue weighted by atomic mass is 32.2. The summed E-state index contributed by atoms with van der Waals surface area (Å²) in [5.41, 5.74) is 0.812. The summed E-state index contributed by atoms with van der Waals surface area (Å²) in [6, 6.07) is 4.04. The molecule has 158 valence electrons. The number of nitrogens with one attached hydrogen (secondary N) is 1. The summed E-state index contributed by atoms with van der Waals surface area (Å²) in [5, 5.41) is 12.4. The van der Waals surface area contributed by atoms with Crippen molar-refractivity contribution in [1.82, 2.24) is 20.1 Å². The summed E-state index contributed by atoms with van der Waals surface area (Å²) >= 11 is 1.42. The maximum atomic E-state index is 12.4. The van der Waals surface area contributed by atoms with Crippen molar-refractivity contribution in [3.05, 3.63) is 23.5 Å². The van der Waals surface area contributed by atoms with Gasteiger partial charge < -0.3 is 24.1 Å². The number of carbonyl (C=O) groups is 1. The van der Waals surface area contributed by atoms with Crippen LogP contribution in [0.15, 0.2) is 17.3 Å². The molecule has 0 radical (unpaired) electrons. The number of nitrogens with zero attached hydrogens (tertiary/aromatic N) is 3. The molecule has 1 N–H and O–H groups in total. The van der Waals surface area contributed by atoms with Gasteiger partial charge >= 0.3 is 0 Å². The van der Waals surface area contributed by atoms with Crippen LogP contribution in [0.1, 0.15) is 50.0 Å². The van der Waals surface area contributed by atoms with Crippen LogP contribution in [-0.2, 0) is 11.3 Å². The van der Waals surface area contributed by atoms with Gasteiger partial charge in [0.2, 0.25) is 5.91 Å². The SMILES string of the molecule is COc1cc(OC)c(OC)cc1CNC(=O)CSc1nnc(C(C)C)n1C1CC1. The normalized spacial score (nSPS) is 13.4. The van der Waals surface area contributed by atoms with Gasteiger partial charge in [-0.15, -0.1) is 10.2 Å². The molecule has 1 aliphatic rings. The Morgan fingerprint density at radius 1 is 1.14 bits per heavy atom. The molecule has 0 spiro atoms. The van der Waals surface area contributed by atoms with Crippen molar-refractivity contribution in [2.24, 2.45) is 0 Å². The van der Waals surface area contributed by atoms with Crippen molar-refractivity contribution in [1.29, 1.82) is 0 Å². The van der Waals surface area contributed by atoms with Crippen LogP contribution in [-0.4, -0.2) is 47.8 Å². The average molecular weight is 421 g/mol. The first-order valence-electron chi connectivity index (χ1n) is 9.61. The maximum Gasteiger partial charge on any atom is 0.230 e. The van der Waals surface area contributed by atoms with Gasteiger partial charge in [-0.2, -0.15) is 0 Å². The highest BCUT2D eigenvalue weighted by Gasteiger charge is 2.30. The largest absolute Gasteiger partial charge is 0.496 e. The fourth-order valence-electron chi connectivity index (χ4n) is 3.06. The zero-order valence-corrected chi connectivity index (χ0v) is 18.3. The first kappa shape index (κ1) is 21.3. The Morgan fingerprint density at radius 2 is 1.79 bits per heavy atom. The summed E-state index contributed by atoms with van der Waals surface area (Å²) in [7, 11) is 4.73. The monoisotopic (exact) mass is 420 g/mol. The maximum absolute atomic E-state index is 12.4. The third kappa shape index (κ3) is 4.95. The molecule has 0 aliphatic heterocycles. The predicted molar refractivity (Wildman–Crippen MR) is 111 cm³/mol. The average Bonchev–Trinajstić information content (AvgIpc) is 3.48. The van der Waals surface area contributed by atoms with E-state index in [1.165, 1.54) is 11.8 Å². The molecule has 1 aliphatic carbocycles. The van der Waals surface area contributed by atoms with Gasteiger partial charge in [0.05, 0.1) is 27.1 Å². The van der Waals surface area contributed by atoms with E-state index in [0.717, 1.165) is 29.4 Å². The van der Waals surface area contributed by atoms with Crippen LogP contribution in [0.2, 0.25) is 0 Å². The lowest BCUT2D eigenvalue weighted by molar-refractivity contribution is -0.118. The van der Waals surface area contributed by atoms with Crippen molar-refractivity contribution < 1.29 is 19.0 Å². The van der Waals surface area contributed by atoms with Gasteiger partial charge in [0.1, 0.15) is 11.6 Å². The molecule has 0 saturated heterocycles. The van der Waals surface area contributed by atoms with Crippen molar-refractivity contribution in [2.45, 2.75) is 50.4 Å². The van der Waals surface area contributed by atoms with E-state index >= 15 is 0 Å². The number of thioether (sulfide) groups is 1. The lowest BCUT2D eigenvalue weighted by Crippen LogP contribution is -2.25. The molecule has 1 fully saturated rings. The minimum atomic E-state index is -0.0803. The second kappa shape index (κ2) is 9.39. The number of methoxy groups -OCH3 is 3. The Bertz CT molecular complexity index is 864. The number of benzene rings is 1. The number of carbonyl (C=O) groups excluding carboxylic acids is 1. The minimum Gasteiger partial charge on any atom is -0.496 e. The van der Waals surface area contributed by atoms with E-state index in [9.17, 15) is 4.79 Å². The van der Waals surface area contributed by atoms with Gasteiger partial charge in [-0.05, 0) is 18.9 Å². The molecule has 1 amide bonds. The van der Waals surface area contributed by atoms with Crippen LogP contribution in [0.25, 0.3) is 0 Å². The van der Waals surface area contributed by atoms with Crippen molar-refractivity contribution in [3.63, 3.8) is 0 Å². The first-order valence-corrected chi connectivity index (χ1v) is 10.6. The molecule has 1 saturated carbocycles. The molecular weight excluding hydrogens is 392 g/mol. The molecule has 0 bridgehead atoms. The smallest absolute Gasteiger partial charge is 0.230 e. The van der Waals surface area contributed by atoms with E-state index in [-0.39, 0.29) is 11.7 Å². The van der Waals surface area contributed by atoms with E-state index in [4.69, 9.17) is 14.2 Å². The van der Waals surface area contributed by atoms with Gasteiger partial charge in [-0.3, -0.25) is 4.79 Å². The van der Waals surface area contributed by atoms with Gasteiger partial charge in [-0.25, -0.2) is 0 Å². The number of rotatable bonds is 10. The molecule has 29 heavy (non-hydrogen) atoms. The number of ether oxygens (including phenoxy) is 3. The summed E-state index contributed by atoms with van der Waals surface area (Å²) in [6.07, 6.45) is 2.30. The van der Waals surface area contributed by atoms with Crippen LogP contribution in [0.3, 0.4) is 0 Å². The van der Waals surface area contributed by atoms with Crippen LogP contribution in [0.4, 0.5) is 0 Å². The molecule has 1 aromatic carbocycles. The number of aromatic nitrogens is 3. The first-order chi connectivity index (χ1) is 14.0. The molecule has 2 aromatic rings. The van der Waals surface area contributed by atoms with Crippen molar-refractivity contribution >= 4 is 17.7 Å². The molecule has 3 rings (SSSR count). The lowest BCUT2D eigenvalue weighted by atomic mass is 10.1.